The summed E-state index contributed by atoms with van der Waals surface area (Å²) in [5.74, 6) is 1.29. The Hall–Kier alpha value is -1.82. The van der Waals surface area contributed by atoms with E-state index in [2.05, 4.69) is 20.3 Å². The Balaban J connectivity index is 1.93. The highest BCUT2D eigenvalue weighted by Crippen LogP contribution is 2.12. The van der Waals surface area contributed by atoms with Gasteiger partial charge in [0.25, 0.3) is 0 Å². The van der Waals surface area contributed by atoms with Gasteiger partial charge in [-0.3, -0.25) is 0 Å². The van der Waals surface area contributed by atoms with Gasteiger partial charge in [0.05, 0.1) is 12.4 Å². The smallest absolute Gasteiger partial charge is 0.322 e. The van der Waals surface area contributed by atoms with Crippen LogP contribution >= 0.6 is 11.6 Å². The molecule has 19 heavy (non-hydrogen) atoms. The van der Waals surface area contributed by atoms with Crippen molar-refractivity contribution in [3.05, 3.63) is 29.4 Å². The predicted octanol–water partition coefficient (Wildman–Crippen LogP) is 2.56. The lowest BCUT2D eigenvalue weighted by Crippen LogP contribution is -2.12. The number of furan rings is 1. The van der Waals surface area contributed by atoms with Crippen molar-refractivity contribution in [3.8, 4) is 6.01 Å². The molecule has 0 aromatic carbocycles. The SMILES string of the molecule is CC(C)Oc1nc(Cl)nc(NCCc2ccco2)n1. The second kappa shape index (κ2) is 6.38. The van der Waals surface area contributed by atoms with Crippen molar-refractivity contribution in [2.24, 2.45) is 0 Å². The lowest BCUT2D eigenvalue weighted by Gasteiger charge is -2.09. The summed E-state index contributed by atoms with van der Waals surface area (Å²) in [7, 11) is 0. The van der Waals surface area contributed by atoms with E-state index in [0.717, 1.165) is 12.2 Å². The van der Waals surface area contributed by atoms with Crippen LogP contribution in [0.15, 0.2) is 22.8 Å². The van der Waals surface area contributed by atoms with E-state index in [-0.39, 0.29) is 17.4 Å². The predicted molar refractivity (Wildman–Crippen MR) is 71.5 cm³/mol. The Morgan fingerprint density at radius 1 is 1.37 bits per heavy atom. The van der Waals surface area contributed by atoms with E-state index in [4.69, 9.17) is 20.8 Å². The molecule has 0 spiro atoms. The number of hydrogen-bond donors (Lipinski definition) is 1. The second-order valence-electron chi connectivity index (χ2n) is 4.13. The molecule has 0 aliphatic rings. The van der Waals surface area contributed by atoms with Gasteiger partial charge < -0.3 is 14.5 Å². The molecule has 6 nitrogen and oxygen atoms in total. The normalized spacial score (nSPS) is 10.7. The summed E-state index contributed by atoms with van der Waals surface area (Å²) < 4.78 is 10.6. The van der Waals surface area contributed by atoms with Gasteiger partial charge in [-0.2, -0.15) is 15.0 Å². The first-order chi connectivity index (χ1) is 9.13. The summed E-state index contributed by atoms with van der Waals surface area (Å²) in [6, 6.07) is 3.98. The van der Waals surface area contributed by atoms with E-state index in [1.165, 1.54) is 0 Å². The molecule has 2 aromatic rings. The fourth-order valence-electron chi connectivity index (χ4n) is 1.43. The average molecular weight is 283 g/mol. The van der Waals surface area contributed by atoms with Crippen LogP contribution in [0.4, 0.5) is 5.95 Å². The molecule has 2 heterocycles. The van der Waals surface area contributed by atoms with Gasteiger partial charge in [0.15, 0.2) is 0 Å². The van der Waals surface area contributed by atoms with Crippen LogP contribution < -0.4 is 10.1 Å². The summed E-state index contributed by atoms with van der Waals surface area (Å²) in [5.41, 5.74) is 0. The average Bonchev–Trinajstić information content (AvgIpc) is 2.80. The highest BCUT2D eigenvalue weighted by Gasteiger charge is 2.07. The Labute approximate surface area is 116 Å². The molecule has 0 unspecified atom stereocenters. The van der Waals surface area contributed by atoms with E-state index < -0.39 is 0 Å². The van der Waals surface area contributed by atoms with E-state index >= 15 is 0 Å². The van der Waals surface area contributed by atoms with Crippen molar-refractivity contribution in [1.29, 1.82) is 0 Å². The minimum atomic E-state index is -0.0190. The van der Waals surface area contributed by atoms with E-state index in [0.29, 0.717) is 12.5 Å². The molecule has 2 aromatic heterocycles. The standard InChI is InChI=1S/C12H15ClN4O2/c1-8(2)19-12-16-10(13)15-11(17-12)14-6-5-9-4-3-7-18-9/h3-4,7-8H,5-6H2,1-2H3,(H,14,15,16,17). The Kier molecular flexibility index (Phi) is 4.57. The number of anilines is 1. The first kappa shape index (κ1) is 13.6. The molecule has 1 N–H and O–H groups in total. The molecular weight excluding hydrogens is 268 g/mol. The van der Waals surface area contributed by atoms with Gasteiger partial charge in [-0.05, 0) is 37.6 Å². The van der Waals surface area contributed by atoms with Gasteiger partial charge in [-0.15, -0.1) is 0 Å². The van der Waals surface area contributed by atoms with Crippen LogP contribution in [0, 0.1) is 0 Å². The monoisotopic (exact) mass is 282 g/mol. The van der Waals surface area contributed by atoms with Gasteiger partial charge >= 0.3 is 6.01 Å². The molecule has 102 valence electrons. The molecular formula is C12H15ClN4O2. The number of ether oxygens (including phenoxy) is 1. The molecule has 0 radical (unpaired) electrons. The summed E-state index contributed by atoms with van der Waals surface area (Å²) in [6.45, 7) is 4.42. The molecule has 0 bridgehead atoms. The quantitative estimate of drug-likeness (QED) is 0.878. The van der Waals surface area contributed by atoms with Crippen molar-refractivity contribution in [2.75, 3.05) is 11.9 Å². The maximum atomic E-state index is 5.81. The fourth-order valence-corrected chi connectivity index (χ4v) is 1.58. The van der Waals surface area contributed by atoms with E-state index in [1.807, 2.05) is 26.0 Å². The third-order valence-corrected chi connectivity index (χ3v) is 2.33. The van der Waals surface area contributed by atoms with Gasteiger partial charge in [-0.1, -0.05) is 0 Å². The van der Waals surface area contributed by atoms with Crippen LogP contribution in [0.5, 0.6) is 6.01 Å². The topological polar surface area (TPSA) is 73.1 Å². The summed E-state index contributed by atoms with van der Waals surface area (Å²) in [6.07, 6.45) is 2.36. The van der Waals surface area contributed by atoms with E-state index in [9.17, 15) is 0 Å². The third kappa shape index (κ3) is 4.40. The Morgan fingerprint density at radius 2 is 2.21 bits per heavy atom. The zero-order valence-corrected chi connectivity index (χ0v) is 11.5. The van der Waals surface area contributed by atoms with Crippen molar-refractivity contribution in [3.63, 3.8) is 0 Å². The van der Waals surface area contributed by atoms with Crippen LogP contribution in [0.1, 0.15) is 19.6 Å². The summed E-state index contributed by atoms with van der Waals surface area (Å²) in [4.78, 5) is 12.0. The number of nitrogens with zero attached hydrogens (tertiary/aromatic N) is 3. The van der Waals surface area contributed by atoms with Crippen LogP contribution in [-0.2, 0) is 6.42 Å². The Morgan fingerprint density at radius 3 is 2.89 bits per heavy atom. The zero-order chi connectivity index (χ0) is 13.7. The van der Waals surface area contributed by atoms with Crippen LogP contribution in [0.25, 0.3) is 0 Å². The van der Waals surface area contributed by atoms with Gasteiger partial charge in [0.1, 0.15) is 5.76 Å². The van der Waals surface area contributed by atoms with Crippen molar-refractivity contribution in [2.45, 2.75) is 26.4 Å². The van der Waals surface area contributed by atoms with Gasteiger partial charge in [-0.25, -0.2) is 0 Å². The largest absolute Gasteiger partial charge is 0.469 e. The first-order valence-electron chi connectivity index (χ1n) is 5.98. The molecule has 0 saturated heterocycles. The molecule has 0 amide bonds. The lowest BCUT2D eigenvalue weighted by molar-refractivity contribution is 0.222. The minimum absolute atomic E-state index is 0.0190. The van der Waals surface area contributed by atoms with Crippen molar-refractivity contribution >= 4 is 17.5 Å². The minimum Gasteiger partial charge on any atom is -0.469 e. The molecule has 0 fully saturated rings. The summed E-state index contributed by atoms with van der Waals surface area (Å²) >= 11 is 5.81. The highest BCUT2D eigenvalue weighted by atomic mass is 35.5. The van der Waals surface area contributed by atoms with Crippen molar-refractivity contribution < 1.29 is 9.15 Å². The molecule has 0 aliphatic heterocycles. The van der Waals surface area contributed by atoms with Gasteiger partial charge in [0, 0.05) is 13.0 Å². The number of nitrogens with one attached hydrogen (secondary N) is 1. The van der Waals surface area contributed by atoms with Crippen LogP contribution in [0.3, 0.4) is 0 Å². The molecule has 0 saturated carbocycles. The number of halogens is 1. The zero-order valence-electron chi connectivity index (χ0n) is 10.8. The molecule has 7 heteroatoms. The molecule has 0 aliphatic carbocycles. The maximum Gasteiger partial charge on any atom is 0.322 e. The number of aromatic nitrogens is 3. The van der Waals surface area contributed by atoms with Crippen LogP contribution in [-0.4, -0.2) is 27.6 Å². The maximum absolute atomic E-state index is 5.81. The highest BCUT2D eigenvalue weighted by molar-refractivity contribution is 6.28. The van der Waals surface area contributed by atoms with E-state index in [1.54, 1.807) is 6.26 Å². The third-order valence-electron chi connectivity index (χ3n) is 2.16. The van der Waals surface area contributed by atoms with Gasteiger partial charge in [0.2, 0.25) is 11.2 Å². The fraction of sp³-hybridized carbons (Fsp3) is 0.417. The van der Waals surface area contributed by atoms with Crippen LogP contribution in [0.2, 0.25) is 5.28 Å². The lowest BCUT2D eigenvalue weighted by atomic mass is 10.3. The number of rotatable bonds is 6. The van der Waals surface area contributed by atoms with Crippen molar-refractivity contribution in [1.82, 2.24) is 15.0 Å². The Bertz CT molecular complexity index is 516. The first-order valence-corrected chi connectivity index (χ1v) is 6.36. The second-order valence-corrected chi connectivity index (χ2v) is 4.47. The number of hydrogen-bond acceptors (Lipinski definition) is 6. The molecule has 2 rings (SSSR count). The molecule has 0 atom stereocenters. The summed E-state index contributed by atoms with van der Waals surface area (Å²) in [5, 5.41) is 3.15.